The highest BCUT2D eigenvalue weighted by Gasteiger charge is 2.41. The van der Waals surface area contributed by atoms with Gasteiger partial charge in [0, 0.05) is 18.9 Å². The normalized spacial score (nSPS) is 20.3. The topological polar surface area (TPSA) is 118 Å². The SMILES string of the molecule is N#Cc1cc(-c2ccnc(-c3nnc([C@@]4(F)CCCN(N)C4)o3)c2)ccn1. The van der Waals surface area contributed by atoms with E-state index in [9.17, 15) is 0 Å². The van der Waals surface area contributed by atoms with Crippen molar-refractivity contribution in [2.75, 3.05) is 13.1 Å². The summed E-state index contributed by atoms with van der Waals surface area (Å²) in [5, 5.41) is 18.3. The summed E-state index contributed by atoms with van der Waals surface area (Å²) in [5.41, 5.74) is 0.583. The monoisotopic (exact) mass is 365 g/mol. The van der Waals surface area contributed by atoms with E-state index in [1.54, 1.807) is 36.7 Å². The summed E-state index contributed by atoms with van der Waals surface area (Å²) in [5.74, 6) is 5.78. The van der Waals surface area contributed by atoms with Crippen LogP contribution in [0.15, 0.2) is 41.1 Å². The molecule has 0 saturated carbocycles. The minimum atomic E-state index is -1.76. The molecule has 1 fully saturated rings. The van der Waals surface area contributed by atoms with Crippen molar-refractivity contribution in [3.63, 3.8) is 0 Å². The highest BCUT2D eigenvalue weighted by Crippen LogP contribution is 2.35. The molecule has 27 heavy (non-hydrogen) atoms. The maximum atomic E-state index is 15.1. The number of nitrogens with zero attached hydrogens (tertiary/aromatic N) is 6. The van der Waals surface area contributed by atoms with E-state index in [1.807, 2.05) is 6.07 Å². The molecule has 4 rings (SSSR count). The number of aromatic nitrogens is 4. The molecule has 0 unspecified atom stereocenters. The third-order valence-corrected chi connectivity index (χ3v) is 4.47. The van der Waals surface area contributed by atoms with Gasteiger partial charge in [0.2, 0.25) is 5.67 Å². The van der Waals surface area contributed by atoms with E-state index in [1.165, 1.54) is 5.01 Å². The summed E-state index contributed by atoms with van der Waals surface area (Å²) in [6.07, 6.45) is 4.05. The second kappa shape index (κ2) is 6.83. The Morgan fingerprint density at radius 2 is 1.96 bits per heavy atom. The fraction of sp³-hybridized carbons (Fsp3) is 0.278. The lowest BCUT2D eigenvalue weighted by molar-refractivity contribution is 0.0203. The molecular formula is C18H16FN7O. The molecular weight excluding hydrogens is 349 g/mol. The average Bonchev–Trinajstić information content (AvgIpc) is 3.19. The van der Waals surface area contributed by atoms with Crippen LogP contribution in [0.3, 0.4) is 0 Å². The van der Waals surface area contributed by atoms with E-state index in [2.05, 4.69) is 20.2 Å². The zero-order valence-electron chi connectivity index (χ0n) is 14.3. The van der Waals surface area contributed by atoms with Gasteiger partial charge in [-0.25, -0.2) is 14.4 Å². The van der Waals surface area contributed by atoms with Gasteiger partial charge in [-0.15, -0.1) is 10.2 Å². The molecule has 0 spiro atoms. The minimum Gasteiger partial charge on any atom is -0.416 e. The smallest absolute Gasteiger partial charge is 0.266 e. The predicted molar refractivity (Wildman–Crippen MR) is 93.3 cm³/mol. The fourth-order valence-electron chi connectivity index (χ4n) is 3.12. The van der Waals surface area contributed by atoms with Crippen molar-refractivity contribution in [1.82, 2.24) is 25.2 Å². The summed E-state index contributed by atoms with van der Waals surface area (Å²) >= 11 is 0. The first-order valence-electron chi connectivity index (χ1n) is 8.43. The van der Waals surface area contributed by atoms with Gasteiger partial charge in [-0.2, -0.15) is 5.26 Å². The van der Waals surface area contributed by atoms with Gasteiger partial charge in [-0.05, 0) is 48.2 Å². The predicted octanol–water partition coefficient (Wildman–Crippen LogP) is 2.20. The van der Waals surface area contributed by atoms with E-state index in [0.29, 0.717) is 24.4 Å². The molecule has 1 atom stereocenters. The number of nitrogens with two attached hydrogens (primary N) is 1. The summed E-state index contributed by atoms with van der Waals surface area (Å²) in [4.78, 5) is 8.20. The minimum absolute atomic E-state index is 0.00997. The molecule has 4 heterocycles. The largest absolute Gasteiger partial charge is 0.416 e. The molecule has 1 aliphatic rings. The Morgan fingerprint density at radius 1 is 1.19 bits per heavy atom. The molecule has 8 nitrogen and oxygen atoms in total. The van der Waals surface area contributed by atoms with Crippen LogP contribution in [0.2, 0.25) is 0 Å². The second-order valence-electron chi connectivity index (χ2n) is 6.42. The standard InChI is InChI=1S/C18H16FN7O/c19-18(4-1-7-26(21)11-18)17-25-24-16(27-17)15-9-13(3-6-23-15)12-2-5-22-14(8-12)10-20/h2-3,5-6,8-9H,1,4,7,11,21H2/t18-/m1/s1. The molecule has 0 aliphatic carbocycles. The maximum absolute atomic E-state index is 15.1. The quantitative estimate of drug-likeness (QED) is 0.702. The molecule has 136 valence electrons. The lowest BCUT2D eigenvalue weighted by Crippen LogP contribution is -2.47. The zero-order chi connectivity index (χ0) is 18.9. The van der Waals surface area contributed by atoms with Crippen LogP contribution < -0.4 is 5.84 Å². The van der Waals surface area contributed by atoms with E-state index < -0.39 is 5.67 Å². The van der Waals surface area contributed by atoms with Crippen LogP contribution >= 0.6 is 0 Å². The number of piperidine rings is 1. The molecule has 0 bridgehead atoms. The van der Waals surface area contributed by atoms with Crippen molar-refractivity contribution in [2.24, 2.45) is 5.84 Å². The molecule has 3 aromatic rings. The van der Waals surface area contributed by atoms with Gasteiger partial charge < -0.3 is 4.42 Å². The van der Waals surface area contributed by atoms with Crippen molar-refractivity contribution >= 4 is 0 Å². The van der Waals surface area contributed by atoms with Crippen LogP contribution in [-0.2, 0) is 5.67 Å². The van der Waals surface area contributed by atoms with Gasteiger partial charge in [0.05, 0.1) is 6.54 Å². The lowest BCUT2D eigenvalue weighted by atomic mass is 9.96. The number of hydrogen-bond acceptors (Lipinski definition) is 8. The number of hydrazine groups is 1. The fourth-order valence-corrected chi connectivity index (χ4v) is 3.12. The molecule has 0 radical (unpaired) electrons. The number of rotatable bonds is 3. The Bertz CT molecular complexity index is 1010. The number of nitriles is 1. The van der Waals surface area contributed by atoms with Gasteiger partial charge in [0.1, 0.15) is 17.5 Å². The average molecular weight is 365 g/mol. The molecule has 0 amide bonds. The summed E-state index contributed by atoms with van der Waals surface area (Å²) < 4.78 is 20.7. The Balaban J connectivity index is 1.65. The Hall–Kier alpha value is -3.22. The summed E-state index contributed by atoms with van der Waals surface area (Å²) in [6, 6.07) is 9.00. The van der Waals surface area contributed by atoms with Crippen LogP contribution in [0.4, 0.5) is 4.39 Å². The summed E-state index contributed by atoms with van der Waals surface area (Å²) in [6.45, 7) is 0.642. The van der Waals surface area contributed by atoms with E-state index in [0.717, 1.165) is 11.1 Å². The molecule has 9 heteroatoms. The first-order chi connectivity index (χ1) is 13.1. The third-order valence-electron chi connectivity index (χ3n) is 4.47. The highest BCUT2D eigenvalue weighted by molar-refractivity contribution is 5.67. The zero-order valence-corrected chi connectivity index (χ0v) is 14.3. The molecule has 1 saturated heterocycles. The molecule has 3 aromatic heterocycles. The number of alkyl halides is 1. The van der Waals surface area contributed by atoms with Crippen LogP contribution in [0.25, 0.3) is 22.7 Å². The first kappa shape index (κ1) is 17.2. The van der Waals surface area contributed by atoms with Crippen molar-refractivity contribution in [1.29, 1.82) is 5.26 Å². The van der Waals surface area contributed by atoms with Crippen LogP contribution in [0.1, 0.15) is 24.4 Å². The van der Waals surface area contributed by atoms with Gasteiger partial charge in [-0.3, -0.25) is 10.8 Å². The van der Waals surface area contributed by atoms with Gasteiger partial charge in [0.25, 0.3) is 11.8 Å². The molecule has 2 N–H and O–H groups in total. The van der Waals surface area contributed by atoms with Crippen LogP contribution in [-0.4, -0.2) is 38.3 Å². The third kappa shape index (κ3) is 3.40. The summed E-state index contributed by atoms with van der Waals surface area (Å²) in [7, 11) is 0. The van der Waals surface area contributed by atoms with Crippen molar-refractivity contribution in [3.05, 3.63) is 48.2 Å². The highest BCUT2D eigenvalue weighted by atomic mass is 19.1. The van der Waals surface area contributed by atoms with E-state index >= 15 is 4.39 Å². The van der Waals surface area contributed by atoms with Crippen LogP contribution in [0, 0.1) is 11.3 Å². The first-order valence-corrected chi connectivity index (χ1v) is 8.43. The van der Waals surface area contributed by atoms with Gasteiger partial charge in [-0.1, -0.05) is 0 Å². The number of hydrogen-bond donors (Lipinski definition) is 1. The van der Waals surface area contributed by atoms with Gasteiger partial charge in [0.15, 0.2) is 0 Å². The van der Waals surface area contributed by atoms with E-state index in [-0.39, 0.29) is 24.7 Å². The van der Waals surface area contributed by atoms with Gasteiger partial charge >= 0.3 is 0 Å². The molecule has 0 aromatic carbocycles. The number of pyridine rings is 2. The van der Waals surface area contributed by atoms with Crippen molar-refractivity contribution < 1.29 is 8.81 Å². The number of halogens is 1. The second-order valence-corrected chi connectivity index (χ2v) is 6.42. The van der Waals surface area contributed by atoms with Crippen molar-refractivity contribution in [3.8, 4) is 28.8 Å². The van der Waals surface area contributed by atoms with E-state index in [4.69, 9.17) is 15.5 Å². The Morgan fingerprint density at radius 3 is 2.74 bits per heavy atom. The van der Waals surface area contributed by atoms with Crippen molar-refractivity contribution in [2.45, 2.75) is 18.5 Å². The van der Waals surface area contributed by atoms with Crippen LogP contribution in [0.5, 0.6) is 0 Å². The Kier molecular flexibility index (Phi) is 4.35. The maximum Gasteiger partial charge on any atom is 0.266 e. The molecule has 1 aliphatic heterocycles. The lowest BCUT2D eigenvalue weighted by Gasteiger charge is -2.31. The Labute approximate surface area is 154 Å².